The van der Waals surface area contributed by atoms with E-state index >= 15 is 0 Å². The molecule has 93 heavy (non-hydrogen) atoms. The van der Waals surface area contributed by atoms with Crippen molar-refractivity contribution in [1.82, 2.24) is 10.6 Å². The fourth-order valence-corrected chi connectivity index (χ4v) is 15.8. The molecular weight excluding hydrogens is 1300 g/mol. The van der Waals surface area contributed by atoms with Gasteiger partial charge in [0.15, 0.2) is 5.60 Å². The topological polar surface area (TPSA) is 249 Å². The normalized spacial score (nSPS) is 17.8. The van der Waals surface area contributed by atoms with E-state index in [1.54, 1.807) is 12.1 Å². The molecule has 21 nitrogen and oxygen atoms in total. The quantitative estimate of drug-likeness (QED) is 0.0110. The summed E-state index contributed by atoms with van der Waals surface area (Å²) in [6.07, 6.45) is 7.87. The van der Waals surface area contributed by atoms with Crippen LogP contribution in [0.1, 0.15) is 109 Å². The Balaban J connectivity index is 0.650. The molecule has 0 fully saturated rings. The van der Waals surface area contributed by atoms with Crippen molar-refractivity contribution in [3.05, 3.63) is 114 Å². The van der Waals surface area contributed by atoms with Gasteiger partial charge in [0.25, 0.3) is 10.1 Å². The second-order valence-electron chi connectivity index (χ2n) is 24.5. The monoisotopic (exact) mass is 1380 g/mol. The number of amides is 2. The highest BCUT2D eigenvalue weighted by Gasteiger charge is 2.59. The van der Waals surface area contributed by atoms with Crippen molar-refractivity contribution in [3.8, 4) is 17.2 Å². The molecule has 6 heterocycles. The number of phenols is 1. The van der Waals surface area contributed by atoms with E-state index in [4.69, 9.17) is 82.2 Å². The molecule has 6 aliphatic rings. The molecule has 1 atom stereocenters. The van der Waals surface area contributed by atoms with Crippen LogP contribution in [0.5, 0.6) is 17.2 Å². The number of hydrogen-bond donors (Lipinski definition) is 4. The second-order valence-corrected chi connectivity index (χ2v) is 28.1. The van der Waals surface area contributed by atoms with Crippen LogP contribution in [0.4, 0.5) is 11.4 Å². The Labute approximate surface area is 563 Å². The van der Waals surface area contributed by atoms with Crippen molar-refractivity contribution in [1.29, 1.82) is 0 Å². The van der Waals surface area contributed by atoms with Gasteiger partial charge in [-0.15, -0.1) is 11.8 Å². The van der Waals surface area contributed by atoms with Gasteiger partial charge in [0, 0.05) is 76.4 Å². The molecule has 0 radical (unpaired) electrons. The summed E-state index contributed by atoms with van der Waals surface area (Å²) < 4.78 is 94.8. The molecule has 6 aliphatic heterocycles. The fraction of sp³-hybridized carbons (Fsp3) is 0.537. The maximum Gasteiger partial charge on any atom is 0.341 e. The van der Waals surface area contributed by atoms with Gasteiger partial charge in [-0.1, -0.05) is 59.1 Å². The largest absolute Gasteiger partial charge is 0.508 e. The zero-order valence-corrected chi connectivity index (χ0v) is 57.2. The summed E-state index contributed by atoms with van der Waals surface area (Å²) in [5, 5.41) is 15.0. The minimum Gasteiger partial charge on any atom is -0.508 e. The van der Waals surface area contributed by atoms with Gasteiger partial charge in [-0.3, -0.25) is 14.1 Å². The Hall–Kier alpha value is -5.22. The maximum absolute atomic E-state index is 14.8. The number of nitrogens with zero attached hydrogens (tertiary/aromatic N) is 2. The number of anilines is 2. The number of benzene rings is 4. The van der Waals surface area contributed by atoms with Crippen LogP contribution in [0.15, 0.2) is 53.4 Å². The first-order chi connectivity index (χ1) is 44.6. The van der Waals surface area contributed by atoms with E-state index in [1.807, 2.05) is 44.2 Å². The third-order valence-electron chi connectivity index (χ3n) is 17.2. The van der Waals surface area contributed by atoms with Gasteiger partial charge >= 0.3 is 5.97 Å². The van der Waals surface area contributed by atoms with Gasteiger partial charge in [0.2, 0.25) is 11.8 Å². The number of carbonyl (C=O) groups excluding carboxylic acids is 3. The molecule has 0 aliphatic carbocycles. The van der Waals surface area contributed by atoms with Crippen LogP contribution in [-0.2, 0) is 87.2 Å². The number of allylic oxidation sites excluding steroid dienone is 1. The Morgan fingerprint density at radius 1 is 0.645 bits per heavy atom. The molecule has 0 saturated heterocycles. The molecule has 0 saturated carbocycles. The van der Waals surface area contributed by atoms with Crippen molar-refractivity contribution in [2.75, 3.05) is 153 Å². The van der Waals surface area contributed by atoms with Crippen molar-refractivity contribution < 1.29 is 79.8 Å². The number of hydrogen-bond acceptors (Lipinski definition) is 19. The summed E-state index contributed by atoms with van der Waals surface area (Å²) in [6, 6.07) is 10.8. The lowest BCUT2D eigenvalue weighted by Gasteiger charge is -2.50. The Kier molecular flexibility index (Phi) is 23.8. The van der Waals surface area contributed by atoms with Crippen LogP contribution in [0, 0.1) is 0 Å². The Bertz CT molecular complexity index is 3590. The smallest absolute Gasteiger partial charge is 0.341 e. The first-order valence-corrected chi connectivity index (χ1v) is 35.4. The minimum atomic E-state index is -4.52. The number of aromatic hydroxyl groups is 1. The molecule has 0 aromatic heterocycles. The van der Waals surface area contributed by atoms with E-state index in [-0.39, 0.29) is 79.5 Å². The maximum atomic E-state index is 14.8. The van der Waals surface area contributed by atoms with Crippen LogP contribution in [-0.4, -0.2) is 190 Å². The summed E-state index contributed by atoms with van der Waals surface area (Å²) in [7, 11) is -4.52. The predicted molar refractivity (Wildman–Crippen MR) is 357 cm³/mol. The van der Waals surface area contributed by atoms with E-state index in [0.717, 1.165) is 70.3 Å². The number of nitrogens with one attached hydrogen (secondary N) is 2. The number of carbonyl (C=O) groups is 3. The van der Waals surface area contributed by atoms with Crippen LogP contribution < -0.4 is 25.2 Å². The molecule has 506 valence electrons. The zero-order valence-electron chi connectivity index (χ0n) is 53.3. The van der Waals surface area contributed by atoms with Crippen molar-refractivity contribution in [3.63, 3.8) is 0 Å². The Morgan fingerprint density at radius 3 is 1.67 bits per heavy atom. The number of halogens is 3. The number of fused-ring (bicyclic) bond motifs is 8. The van der Waals surface area contributed by atoms with Crippen LogP contribution in [0.3, 0.4) is 0 Å². The second kappa shape index (κ2) is 31.3. The lowest BCUT2D eigenvalue weighted by atomic mass is 9.71. The molecule has 0 bridgehead atoms. The van der Waals surface area contributed by atoms with Gasteiger partial charge in [-0.2, -0.15) is 8.42 Å². The molecule has 4 aromatic rings. The molecule has 4 aromatic carbocycles. The lowest BCUT2D eigenvalue weighted by molar-refractivity contribution is -0.122. The molecule has 4 N–H and O–H groups in total. The summed E-state index contributed by atoms with van der Waals surface area (Å²) in [5.41, 5.74) is 5.94. The van der Waals surface area contributed by atoms with E-state index in [1.165, 1.54) is 0 Å². The van der Waals surface area contributed by atoms with Gasteiger partial charge < -0.3 is 72.9 Å². The third kappa shape index (κ3) is 16.3. The standard InChI is InChI=1S/C67H83Cl3N4O17S2/c1-42-38-65(2,3)73-18-6-8-46-59(73)48(42)36-50-61(46)90-62-47-9-7-19-74-60(47)49(44(39-66(74,4)5)41-93(79,80)81)37-51(62)67(50)55-54(64(78)91-67)56(68)58(70)63(57(55)69)92-40-53(77)72-17-21-83-23-25-85-27-29-87-31-33-89-35-34-88-32-30-86-28-26-84-24-22-82-20-15-52(76)71-16-14-43-10-12-45(75)13-11-43/h10-13,36-39,75H,6-9,14-35,40-41H2,1-5H3,(H,71,76)(H,72,77)(H,79,80,81). The SMILES string of the molecule is CC1=CC(C)(C)N2CCCc3c4c(cc1c32)C1(OC(=O)c2c(Cl)c(Cl)c(SCC(=O)NCCOCCOCCOCCOCCOCCOCCOCCOCCC(=O)NCCc3ccc(O)cc3)c(Cl)c21)c1cc2c3c(c1O4)CCCN3C(C)(C)C=C2CS(=O)(=O)O. The highest BCUT2D eigenvalue weighted by Crippen LogP contribution is 2.66. The van der Waals surface area contributed by atoms with Crippen molar-refractivity contribution in [2.24, 2.45) is 0 Å². The summed E-state index contributed by atoms with van der Waals surface area (Å²) in [5.74, 6) is -0.730. The highest BCUT2D eigenvalue weighted by molar-refractivity contribution is 8.00. The number of ether oxygens (including phenoxy) is 10. The molecule has 1 unspecified atom stereocenters. The molecular formula is C67H83Cl3N4O17S2. The average Bonchev–Trinajstić information content (AvgIpc) is 1.66. The van der Waals surface area contributed by atoms with E-state index in [0.29, 0.717) is 165 Å². The summed E-state index contributed by atoms with van der Waals surface area (Å²) in [6.45, 7) is 18.8. The number of rotatable bonds is 35. The van der Waals surface area contributed by atoms with Gasteiger partial charge in [-0.25, -0.2) is 4.79 Å². The van der Waals surface area contributed by atoms with E-state index < -0.39 is 33.0 Å². The highest BCUT2D eigenvalue weighted by atomic mass is 35.5. The molecule has 10 rings (SSSR count). The van der Waals surface area contributed by atoms with Crippen LogP contribution in [0.2, 0.25) is 15.1 Å². The number of thioether (sulfide) groups is 1. The van der Waals surface area contributed by atoms with Gasteiger partial charge in [0.05, 0.1) is 155 Å². The third-order valence-corrected chi connectivity index (χ3v) is 20.4. The Morgan fingerprint density at radius 2 is 1.13 bits per heavy atom. The minimum absolute atomic E-state index is 0.0203. The fourth-order valence-electron chi connectivity index (χ4n) is 13.1. The number of esters is 1. The van der Waals surface area contributed by atoms with Crippen molar-refractivity contribution in [2.45, 2.75) is 94.7 Å². The first-order valence-electron chi connectivity index (χ1n) is 31.6. The van der Waals surface area contributed by atoms with E-state index in [2.05, 4.69) is 47.3 Å². The zero-order chi connectivity index (χ0) is 66.1. The first kappa shape index (κ1) is 70.6. The van der Waals surface area contributed by atoms with Crippen molar-refractivity contribution >= 4 is 97.0 Å². The van der Waals surface area contributed by atoms with Gasteiger partial charge in [-0.05, 0) is 108 Å². The molecule has 1 spiro atoms. The molecule has 2 amide bonds. The van der Waals surface area contributed by atoms with Gasteiger partial charge in [0.1, 0.15) is 23.0 Å². The molecule has 26 heteroatoms. The number of phenolic OH excluding ortho intramolecular Hbond substituents is 1. The predicted octanol–water partition coefficient (Wildman–Crippen LogP) is 9.77. The summed E-state index contributed by atoms with van der Waals surface area (Å²) >= 11 is 23.0. The van der Waals surface area contributed by atoms with Crippen LogP contribution in [0.25, 0.3) is 11.1 Å². The van der Waals surface area contributed by atoms with E-state index in [9.17, 15) is 32.5 Å². The van der Waals surface area contributed by atoms with Crippen LogP contribution >= 0.6 is 46.6 Å². The lowest BCUT2D eigenvalue weighted by Crippen LogP contribution is -2.49. The average molecular weight is 1390 g/mol. The summed E-state index contributed by atoms with van der Waals surface area (Å²) in [4.78, 5) is 45.2.